The van der Waals surface area contributed by atoms with Crippen LogP contribution in [0.2, 0.25) is 0 Å². The van der Waals surface area contributed by atoms with Crippen LogP contribution in [0, 0.1) is 17.3 Å². The van der Waals surface area contributed by atoms with Crippen LogP contribution < -0.4 is 11.1 Å². The lowest BCUT2D eigenvalue weighted by Crippen LogP contribution is -2.46. The van der Waals surface area contributed by atoms with Gasteiger partial charge in [0.15, 0.2) is 0 Å². The van der Waals surface area contributed by atoms with Crippen molar-refractivity contribution in [2.24, 2.45) is 23.0 Å². The fraction of sp³-hybridized carbons (Fsp3) is 1.00. The fourth-order valence-electron chi connectivity index (χ4n) is 4.55. The van der Waals surface area contributed by atoms with Gasteiger partial charge in [-0.1, -0.05) is 39.5 Å². The van der Waals surface area contributed by atoms with E-state index in [1.54, 1.807) is 0 Å². The molecule has 0 heterocycles. The molecule has 2 nitrogen and oxygen atoms in total. The van der Waals surface area contributed by atoms with Crippen LogP contribution in [-0.4, -0.2) is 19.1 Å². The molecule has 2 heteroatoms. The number of hydrogen-bond donors (Lipinski definition) is 2. The predicted molar refractivity (Wildman–Crippen MR) is 83.2 cm³/mol. The zero-order chi connectivity index (χ0) is 13.7. The second-order valence-corrected chi connectivity index (χ2v) is 7.57. The van der Waals surface area contributed by atoms with Gasteiger partial charge in [0.1, 0.15) is 0 Å². The molecule has 0 aromatic heterocycles. The Labute approximate surface area is 119 Å². The first kappa shape index (κ1) is 15.3. The van der Waals surface area contributed by atoms with Gasteiger partial charge in [-0.2, -0.15) is 0 Å². The Morgan fingerprint density at radius 2 is 1.79 bits per heavy atom. The summed E-state index contributed by atoms with van der Waals surface area (Å²) in [6.07, 6.45) is 12.6. The Balaban J connectivity index is 1.87. The maximum absolute atomic E-state index is 5.95. The minimum atomic E-state index is 0.602. The molecule has 0 aliphatic heterocycles. The van der Waals surface area contributed by atoms with E-state index in [4.69, 9.17) is 5.73 Å². The van der Waals surface area contributed by atoms with Crippen molar-refractivity contribution in [2.45, 2.75) is 77.7 Å². The summed E-state index contributed by atoms with van der Waals surface area (Å²) in [6, 6.07) is 0.698. The summed E-state index contributed by atoms with van der Waals surface area (Å²) < 4.78 is 0. The molecule has 19 heavy (non-hydrogen) atoms. The van der Waals surface area contributed by atoms with Crippen molar-refractivity contribution in [1.29, 1.82) is 0 Å². The molecule has 2 aliphatic carbocycles. The Bertz CT molecular complexity index is 256. The second kappa shape index (κ2) is 7.08. The van der Waals surface area contributed by atoms with Crippen LogP contribution in [0.3, 0.4) is 0 Å². The summed E-state index contributed by atoms with van der Waals surface area (Å²) in [5.41, 5.74) is 6.55. The molecule has 2 saturated carbocycles. The monoisotopic (exact) mass is 266 g/mol. The van der Waals surface area contributed by atoms with Crippen LogP contribution in [0.1, 0.15) is 71.6 Å². The van der Waals surface area contributed by atoms with E-state index in [-0.39, 0.29) is 0 Å². The molecule has 0 bridgehead atoms. The van der Waals surface area contributed by atoms with Gasteiger partial charge in [-0.15, -0.1) is 0 Å². The van der Waals surface area contributed by atoms with E-state index in [2.05, 4.69) is 19.2 Å². The van der Waals surface area contributed by atoms with Crippen molar-refractivity contribution < 1.29 is 0 Å². The van der Waals surface area contributed by atoms with Crippen molar-refractivity contribution in [3.63, 3.8) is 0 Å². The molecule has 112 valence electrons. The van der Waals surface area contributed by atoms with Gasteiger partial charge in [0, 0.05) is 12.6 Å². The zero-order valence-corrected chi connectivity index (χ0v) is 13.1. The lowest BCUT2D eigenvalue weighted by atomic mass is 9.77. The van der Waals surface area contributed by atoms with Crippen LogP contribution in [0.5, 0.6) is 0 Å². The van der Waals surface area contributed by atoms with Crippen LogP contribution in [0.25, 0.3) is 0 Å². The number of hydrogen-bond acceptors (Lipinski definition) is 2. The molecular formula is C17H34N2. The third-order valence-corrected chi connectivity index (χ3v) is 5.46. The van der Waals surface area contributed by atoms with Crippen molar-refractivity contribution in [1.82, 2.24) is 5.32 Å². The number of nitrogens with two attached hydrogens (primary N) is 1. The first-order chi connectivity index (χ1) is 9.15. The molecule has 2 atom stereocenters. The van der Waals surface area contributed by atoms with E-state index in [1.165, 1.54) is 64.3 Å². The average Bonchev–Trinajstić information content (AvgIpc) is 2.85. The van der Waals surface area contributed by atoms with Gasteiger partial charge in [0.2, 0.25) is 0 Å². The molecule has 0 radical (unpaired) electrons. The van der Waals surface area contributed by atoms with Crippen molar-refractivity contribution in [3.8, 4) is 0 Å². The lowest BCUT2D eigenvalue weighted by molar-refractivity contribution is 0.185. The minimum absolute atomic E-state index is 0.602. The molecule has 0 aromatic carbocycles. The van der Waals surface area contributed by atoms with Crippen LogP contribution >= 0.6 is 0 Å². The summed E-state index contributed by atoms with van der Waals surface area (Å²) in [7, 11) is 0. The predicted octanol–water partition coefficient (Wildman–Crippen LogP) is 3.70. The smallest absolute Gasteiger partial charge is 0.0108 e. The summed E-state index contributed by atoms with van der Waals surface area (Å²) in [5, 5.41) is 3.93. The van der Waals surface area contributed by atoms with Crippen molar-refractivity contribution >= 4 is 0 Å². The SMILES string of the molecule is CC(C)CC1(CNC2CCCCC2CN)CCCC1. The highest BCUT2D eigenvalue weighted by Crippen LogP contribution is 2.43. The van der Waals surface area contributed by atoms with Crippen molar-refractivity contribution in [3.05, 3.63) is 0 Å². The van der Waals surface area contributed by atoms with Gasteiger partial charge in [0.25, 0.3) is 0 Å². The largest absolute Gasteiger partial charge is 0.330 e. The standard InChI is InChI=1S/C17H34N2/c1-14(2)11-17(9-5-6-10-17)13-19-16-8-4-3-7-15(16)12-18/h14-16,19H,3-13,18H2,1-2H3. The van der Waals surface area contributed by atoms with Crippen molar-refractivity contribution in [2.75, 3.05) is 13.1 Å². The number of nitrogens with one attached hydrogen (secondary N) is 1. The summed E-state index contributed by atoms with van der Waals surface area (Å²) in [5.74, 6) is 1.56. The Morgan fingerprint density at radius 1 is 1.11 bits per heavy atom. The second-order valence-electron chi connectivity index (χ2n) is 7.57. The summed E-state index contributed by atoms with van der Waals surface area (Å²) >= 11 is 0. The van der Waals surface area contributed by atoms with Gasteiger partial charge in [-0.05, 0) is 55.9 Å². The van der Waals surface area contributed by atoms with Gasteiger partial charge >= 0.3 is 0 Å². The van der Waals surface area contributed by atoms with E-state index in [1.807, 2.05) is 0 Å². The highest BCUT2D eigenvalue weighted by Gasteiger charge is 2.35. The van der Waals surface area contributed by atoms with Gasteiger partial charge in [-0.25, -0.2) is 0 Å². The van der Waals surface area contributed by atoms with E-state index in [0.717, 1.165) is 18.4 Å². The first-order valence-electron chi connectivity index (χ1n) is 8.59. The zero-order valence-electron chi connectivity index (χ0n) is 13.1. The fourth-order valence-corrected chi connectivity index (χ4v) is 4.55. The van der Waals surface area contributed by atoms with E-state index in [9.17, 15) is 0 Å². The molecule has 3 N–H and O–H groups in total. The third kappa shape index (κ3) is 4.19. The Morgan fingerprint density at radius 3 is 2.42 bits per heavy atom. The Hall–Kier alpha value is -0.0800. The van der Waals surface area contributed by atoms with E-state index >= 15 is 0 Å². The molecule has 2 unspecified atom stereocenters. The minimum Gasteiger partial charge on any atom is -0.330 e. The Kier molecular flexibility index (Phi) is 5.70. The van der Waals surface area contributed by atoms with Gasteiger partial charge in [0.05, 0.1) is 0 Å². The van der Waals surface area contributed by atoms with Crippen LogP contribution in [0.4, 0.5) is 0 Å². The van der Waals surface area contributed by atoms with E-state index in [0.29, 0.717) is 11.5 Å². The lowest BCUT2D eigenvalue weighted by Gasteiger charge is -2.37. The maximum Gasteiger partial charge on any atom is 0.0108 e. The van der Waals surface area contributed by atoms with Gasteiger partial charge in [-0.3, -0.25) is 0 Å². The third-order valence-electron chi connectivity index (χ3n) is 5.46. The van der Waals surface area contributed by atoms with Gasteiger partial charge < -0.3 is 11.1 Å². The van der Waals surface area contributed by atoms with Crippen LogP contribution in [-0.2, 0) is 0 Å². The quantitative estimate of drug-likeness (QED) is 0.769. The molecule has 2 rings (SSSR count). The number of rotatable bonds is 6. The average molecular weight is 266 g/mol. The summed E-state index contributed by atoms with van der Waals surface area (Å²) in [6.45, 7) is 6.87. The topological polar surface area (TPSA) is 38.0 Å². The highest BCUT2D eigenvalue weighted by atomic mass is 14.9. The molecule has 2 fully saturated rings. The normalized spacial score (nSPS) is 30.9. The molecule has 2 aliphatic rings. The molecule has 0 saturated heterocycles. The molecule has 0 aromatic rings. The first-order valence-corrected chi connectivity index (χ1v) is 8.59. The molecule has 0 amide bonds. The van der Waals surface area contributed by atoms with Crippen LogP contribution in [0.15, 0.2) is 0 Å². The summed E-state index contributed by atoms with van der Waals surface area (Å²) in [4.78, 5) is 0. The molecular weight excluding hydrogens is 232 g/mol. The molecule has 0 spiro atoms. The maximum atomic E-state index is 5.95. The highest BCUT2D eigenvalue weighted by molar-refractivity contribution is 4.90. The van der Waals surface area contributed by atoms with E-state index < -0.39 is 0 Å².